The van der Waals surface area contributed by atoms with Gasteiger partial charge in [-0.1, -0.05) is 30.3 Å². The van der Waals surface area contributed by atoms with Gasteiger partial charge in [0, 0.05) is 11.4 Å². The molecule has 0 atom stereocenters. The quantitative estimate of drug-likeness (QED) is 0.744. The number of pyridine rings is 1. The van der Waals surface area contributed by atoms with Crippen molar-refractivity contribution in [2.75, 3.05) is 10.6 Å². The zero-order valence-electron chi connectivity index (χ0n) is 14.6. The van der Waals surface area contributed by atoms with Crippen LogP contribution in [0.15, 0.2) is 66.7 Å². The number of para-hydroxylation sites is 1. The largest absolute Gasteiger partial charge is 0.321 e. The molecule has 130 valence electrons. The molecule has 0 aliphatic rings. The molecule has 0 aliphatic carbocycles. The van der Waals surface area contributed by atoms with Gasteiger partial charge in [0.2, 0.25) is 0 Å². The van der Waals surface area contributed by atoms with E-state index >= 15 is 0 Å². The molecule has 0 radical (unpaired) electrons. The van der Waals surface area contributed by atoms with Gasteiger partial charge in [-0.3, -0.25) is 9.59 Å². The fourth-order valence-corrected chi connectivity index (χ4v) is 2.42. The predicted octanol–water partition coefficient (Wildman–Crippen LogP) is 4.20. The van der Waals surface area contributed by atoms with Crippen LogP contribution in [0, 0.1) is 13.8 Å². The molecule has 0 saturated heterocycles. The first kappa shape index (κ1) is 17.4. The summed E-state index contributed by atoms with van der Waals surface area (Å²) in [5.74, 6) is -0.723. The first-order valence-corrected chi connectivity index (χ1v) is 8.25. The van der Waals surface area contributed by atoms with Crippen LogP contribution in [0.3, 0.4) is 0 Å². The maximum absolute atomic E-state index is 12.4. The van der Waals surface area contributed by atoms with Crippen LogP contribution >= 0.6 is 0 Å². The molecule has 2 amide bonds. The highest BCUT2D eigenvalue weighted by molar-refractivity contribution is 6.06. The van der Waals surface area contributed by atoms with Gasteiger partial charge < -0.3 is 10.6 Å². The van der Waals surface area contributed by atoms with Crippen LogP contribution in [0.4, 0.5) is 11.4 Å². The first-order valence-electron chi connectivity index (χ1n) is 8.25. The van der Waals surface area contributed by atoms with E-state index in [1.54, 1.807) is 30.3 Å². The molecule has 5 heteroatoms. The van der Waals surface area contributed by atoms with Gasteiger partial charge >= 0.3 is 0 Å². The average Bonchev–Trinajstić information content (AvgIpc) is 2.65. The minimum absolute atomic E-state index is 0.182. The summed E-state index contributed by atoms with van der Waals surface area (Å²) < 4.78 is 0. The number of nitrogens with one attached hydrogen (secondary N) is 2. The molecule has 0 saturated carbocycles. The summed E-state index contributed by atoms with van der Waals surface area (Å²) in [5.41, 5.74) is 3.97. The Bertz CT molecular complexity index is 952. The molecule has 0 fully saturated rings. The number of hydrogen-bond donors (Lipinski definition) is 2. The third-order valence-electron chi connectivity index (χ3n) is 4.01. The molecule has 5 nitrogen and oxygen atoms in total. The summed E-state index contributed by atoms with van der Waals surface area (Å²) in [5, 5.41) is 5.56. The van der Waals surface area contributed by atoms with Gasteiger partial charge in [-0.25, -0.2) is 4.98 Å². The Balaban J connectivity index is 1.74. The van der Waals surface area contributed by atoms with Crippen molar-refractivity contribution in [1.82, 2.24) is 4.98 Å². The lowest BCUT2D eigenvalue weighted by atomic mass is 10.1. The smallest absolute Gasteiger partial charge is 0.274 e. The van der Waals surface area contributed by atoms with Crippen LogP contribution < -0.4 is 10.6 Å². The monoisotopic (exact) mass is 345 g/mol. The Morgan fingerprint density at radius 1 is 0.692 bits per heavy atom. The standard InChI is InChI=1S/C21H19N3O2/c1-14-11-12-17(13-15(14)2)23-21(26)19-10-6-9-18(24-19)20(25)22-16-7-4-3-5-8-16/h3-13H,1-2H3,(H,22,25)(H,23,26). The van der Waals surface area contributed by atoms with Crippen molar-refractivity contribution < 1.29 is 9.59 Å². The van der Waals surface area contributed by atoms with Crippen LogP contribution in [-0.2, 0) is 0 Å². The fraction of sp³-hybridized carbons (Fsp3) is 0.0952. The van der Waals surface area contributed by atoms with E-state index in [2.05, 4.69) is 15.6 Å². The molecule has 0 aliphatic heterocycles. The van der Waals surface area contributed by atoms with E-state index in [-0.39, 0.29) is 23.2 Å². The molecule has 1 aromatic heterocycles. The van der Waals surface area contributed by atoms with Crippen molar-refractivity contribution in [3.63, 3.8) is 0 Å². The Kier molecular flexibility index (Phi) is 5.08. The summed E-state index contributed by atoms with van der Waals surface area (Å²) in [6.45, 7) is 4.00. The fourth-order valence-electron chi connectivity index (χ4n) is 2.42. The van der Waals surface area contributed by atoms with Gasteiger partial charge in [0.1, 0.15) is 11.4 Å². The second kappa shape index (κ2) is 7.61. The minimum atomic E-state index is -0.364. The molecule has 0 unspecified atom stereocenters. The number of aromatic nitrogens is 1. The van der Waals surface area contributed by atoms with Crippen molar-refractivity contribution in [3.05, 3.63) is 89.2 Å². The molecule has 1 heterocycles. The highest BCUT2D eigenvalue weighted by Crippen LogP contribution is 2.15. The van der Waals surface area contributed by atoms with Gasteiger partial charge in [-0.05, 0) is 61.4 Å². The lowest BCUT2D eigenvalue weighted by Crippen LogP contribution is -2.18. The number of amides is 2. The Labute approximate surface area is 152 Å². The molecule has 2 aromatic carbocycles. The molecule has 3 aromatic rings. The second-order valence-electron chi connectivity index (χ2n) is 5.98. The summed E-state index contributed by atoms with van der Waals surface area (Å²) >= 11 is 0. The van der Waals surface area contributed by atoms with Crippen molar-refractivity contribution in [2.45, 2.75) is 13.8 Å². The van der Waals surface area contributed by atoms with Gasteiger partial charge in [-0.15, -0.1) is 0 Å². The molecule has 2 N–H and O–H groups in total. The van der Waals surface area contributed by atoms with E-state index in [1.165, 1.54) is 0 Å². The molecule has 26 heavy (non-hydrogen) atoms. The summed E-state index contributed by atoms with van der Waals surface area (Å²) in [4.78, 5) is 28.9. The third-order valence-corrected chi connectivity index (χ3v) is 4.01. The van der Waals surface area contributed by atoms with Gasteiger partial charge in [0.05, 0.1) is 0 Å². The maximum atomic E-state index is 12.4. The molecular formula is C21H19N3O2. The van der Waals surface area contributed by atoms with Crippen molar-refractivity contribution >= 4 is 23.2 Å². The van der Waals surface area contributed by atoms with Crippen molar-refractivity contribution in [3.8, 4) is 0 Å². The Morgan fingerprint density at radius 3 is 1.92 bits per heavy atom. The topological polar surface area (TPSA) is 71.1 Å². The van der Waals surface area contributed by atoms with E-state index in [4.69, 9.17) is 0 Å². The van der Waals surface area contributed by atoms with Crippen LogP contribution in [0.1, 0.15) is 32.1 Å². The van der Waals surface area contributed by atoms with Gasteiger partial charge in [0.25, 0.3) is 11.8 Å². The highest BCUT2D eigenvalue weighted by Gasteiger charge is 2.13. The molecule has 3 rings (SSSR count). The van der Waals surface area contributed by atoms with E-state index in [0.717, 1.165) is 11.1 Å². The number of hydrogen-bond acceptors (Lipinski definition) is 3. The SMILES string of the molecule is Cc1ccc(NC(=O)c2cccc(C(=O)Nc3ccccc3)n2)cc1C. The van der Waals surface area contributed by atoms with E-state index in [9.17, 15) is 9.59 Å². The van der Waals surface area contributed by atoms with E-state index in [1.807, 2.05) is 50.2 Å². The molecular weight excluding hydrogens is 326 g/mol. The minimum Gasteiger partial charge on any atom is -0.321 e. The number of carbonyl (C=O) groups is 2. The number of anilines is 2. The van der Waals surface area contributed by atoms with E-state index < -0.39 is 0 Å². The number of carbonyl (C=O) groups excluding carboxylic acids is 2. The lowest BCUT2D eigenvalue weighted by molar-refractivity contribution is 0.101. The number of rotatable bonds is 4. The Morgan fingerprint density at radius 2 is 1.31 bits per heavy atom. The highest BCUT2D eigenvalue weighted by atomic mass is 16.2. The third kappa shape index (κ3) is 4.13. The maximum Gasteiger partial charge on any atom is 0.274 e. The number of nitrogens with zero attached hydrogens (tertiary/aromatic N) is 1. The Hall–Kier alpha value is -3.47. The summed E-state index contributed by atoms with van der Waals surface area (Å²) in [7, 11) is 0. The van der Waals surface area contributed by atoms with Crippen LogP contribution in [-0.4, -0.2) is 16.8 Å². The van der Waals surface area contributed by atoms with Crippen LogP contribution in [0.5, 0.6) is 0 Å². The molecule has 0 bridgehead atoms. The summed E-state index contributed by atoms with van der Waals surface area (Å²) in [6.07, 6.45) is 0. The van der Waals surface area contributed by atoms with E-state index in [0.29, 0.717) is 11.4 Å². The van der Waals surface area contributed by atoms with Crippen molar-refractivity contribution in [2.24, 2.45) is 0 Å². The first-order chi connectivity index (χ1) is 12.5. The number of benzene rings is 2. The predicted molar refractivity (Wildman–Crippen MR) is 103 cm³/mol. The van der Waals surface area contributed by atoms with Crippen LogP contribution in [0.2, 0.25) is 0 Å². The zero-order valence-corrected chi connectivity index (χ0v) is 14.6. The van der Waals surface area contributed by atoms with Crippen LogP contribution in [0.25, 0.3) is 0 Å². The van der Waals surface area contributed by atoms with Gasteiger partial charge in [0.15, 0.2) is 0 Å². The lowest BCUT2D eigenvalue weighted by Gasteiger charge is -2.09. The number of aryl methyl sites for hydroxylation is 2. The summed E-state index contributed by atoms with van der Waals surface area (Å²) in [6, 6.07) is 19.6. The van der Waals surface area contributed by atoms with Crippen molar-refractivity contribution in [1.29, 1.82) is 0 Å². The second-order valence-corrected chi connectivity index (χ2v) is 5.98. The zero-order chi connectivity index (χ0) is 18.5. The normalized spacial score (nSPS) is 10.2. The van der Waals surface area contributed by atoms with Gasteiger partial charge in [-0.2, -0.15) is 0 Å². The molecule has 0 spiro atoms. The average molecular weight is 345 g/mol.